The largest absolute Gasteiger partial charge is 0.383 e. The van der Waals surface area contributed by atoms with Gasteiger partial charge in [0.05, 0.1) is 13.2 Å². The first kappa shape index (κ1) is 15.4. The predicted octanol–water partition coefficient (Wildman–Crippen LogP) is 0.129. The van der Waals surface area contributed by atoms with E-state index in [0.717, 1.165) is 17.9 Å². The fourth-order valence-electron chi connectivity index (χ4n) is 1.77. The molecule has 0 atom stereocenters. The summed E-state index contributed by atoms with van der Waals surface area (Å²) in [5.74, 6) is 0.444. The van der Waals surface area contributed by atoms with Gasteiger partial charge in [-0.2, -0.15) is 0 Å². The lowest BCUT2D eigenvalue weighted by Gasteiger charge is -2.23. The number of carbonyl (C=O) groups excluding carboxylic acids is 1. The summed E-state index contributed by atoms with van der Waals surface area (Å²) in [5.41, 5.74) is 6.30. The van der Waals surface area contributed by atoms with Crippen molar-refractivity contribution in [2.24, 2.45) is 5.73 Å². The maximum Gasteiger partial charge on any atom is 0.236 e. The molecule has 106 valence electrons. The Kier molecular flexibility index (Phi) is 6.84. The minimum absolute atomic E-state index is 0.179. The standard InChI is InChI=1S/C13H22N4O2/c1-3-17(10-12(14)18)13-11(5-4-6-16-13)9-15-7-8-19-2/h4-6,15H,3,7-10H2,1-2H3,(H2,14,18). The van der Waals surface area contributed by atoms with Crippen molar-refractivity contribution >= 4 is 11.7 Å². The number of carbonyl (C=O) groups is 1. The molecule has 0 saturated carbocycles. The molecule has 0 bridgehead atoms. The van der Waals surface area contributed by atoms with Crippen molar-refractivity contribution in [3.8, 4) is 0 Å². The number of amides is 1. The fraction of sp³-hybridized carbons (Fsp3) is 0.538. The second-order valence-corrected chi connectivity index (χ2v) is 4.14. The number of nitrogens with one attached hydrogen (secondary N) is 1. The normalized spacial score (nSPS) is 10.4. The van der Waals surface area contributed by atoms with Crippen LogP contribution in [0.1, 0.15) is 12.5 Å². The number of hydrogen-bond acceptors (Lipinski definition) is 5. The number of likely N-dealkylation sites (N-methyl/N-ethyl adjacent to an activating group) is 1. The van der Waals surface area contributed by atoms with Crippen LogP contribution < -0.4 is 16.0 Å². The van der Waals surface area contributed by atoms with Crippen LogP contribution in [0.2, 0.25) is 0 Å². The van der Waals surface area contributed by atoms with E-state index in [2.05, 4.69) is 10.3 Å². The van der Waals surface area contributed by atoms with Crippen molar-refractivity contribution in [3.05, 3.63) is 23.9 Å². The summed E-state index contributed by atoms with van der Waals surface area (Å²) in [5, 5.41) is 3.27. The third-order valence-electron chi connectivity index (χ3n) is 2.69. The predicted molar refractivity (Wildman–Crippen MR) is 74.9 cm³/mol. The highest BCUT2D eigenvalue weighted by atomic mass is 16.5. The van der Waals surface area contributed by atoms with E-state index in [-0.39, 0.29) is 12.5 Å². The quantitative estimate of drug-likeness (QED) is 0.621. The number of anilines is 1. The van der Waals surface area contributed by atoms with Crippen molar-refractivity contribution in [1.29, 1.82) is 0 Å². The van der Waals surface area contributed by atoms with E-state index in [1.165, 1.54) is 0 Å². The molecule has 0 spiro atoms. The lowest BCUT2D eigenvalue weighted by Crippen LogP contribution is -2.35. The molecule has 0 unspecified atom stereocenters. The summed E-state index contributed by atoms with van der Waals surface area (Å²) in [6, 6.07) is 3.88. The maximum absolute atomic E-state index is 11.1. The third-order valence-corrected chi connectivity index (χ3v) is 2.69. The number of hydrogen-bond donors (Lipinski definition) is 2. The van der Waals surface area contributed by atoms with E-state index in [0.29, 0.717) is 19.7 Å². The van der Waals surface area contributed by atoms with E-state index in [1.54, 1.807) is 13.3 Å². The van der Waals surface area contributed by atoms with Crippen LogP contribution in [0.15, 0.2) is 18.3 Å². The Bertz CT molecular complexity index is 398. The molecule has 0 aliphatic rings. The Morgan fingerprint density at radius 3 is 3.00 bits per heavy atom. The first-order valence-electron chi connectivity index (χ1n) is 6.35. The first-order valence-corrected chi connectivity index (χ1v) is 6.35. The molecule has 1 aromatic heterocycles. The Balaban J connectivity index is 2.72. The molecule has 1 rings (SSSR count). The Hall–Kier alpha value is -1.66. The van der Waals surface area contributed by atoms with Crippen molar-refractivity contribution in [1.82, 2.24) is 10.3 Å². The fourth-order valence-corrected chi connectivity index (χ4v) is 1.77. The van der Waals surface area contributed by atoms with Crippen molar-refractivity contribution in [2.45, 2.75) is 13.5 Å². The maximum atomic E-state index is 11.1. The topological polar surface area (TPSA) is 80.5 Å². The van der Waals surface area contributed by atoms with Gasteiger partial charge in [-0.3, -0.25) is 4.79 Å². The van der Waals surface area contributed by atoms with Crippen LogP contribution in [0.5, 0.6) is 0 Å². The number of nitrogens with zero attached hydrogens (tertiary/aromatic N) is 2. The number of methoxy groups -OCH3 is 1. The minimum Gasteiger partial charge on any atom is -0.383 e. The molecule has 3 N–H and O–H groups in total. The summed E-state index contributed by atoms with van der Waals surface area (Å²) >= 11 is 0. The number of pyridine rings is 1. The van der Waals surface area contributed by atoms with Gasteiger partial charge < -0.3 is 20.7 Å². The van der Waals surface area contributed by atoms with Crippen LogP contribution in [-0.4, -0.2) is 44.2 Å². The van der Waals surface area contributed by atoms with Crippen LogP contribution in [0.4, 0.5) is 5.82 Å². The van der Waals surface area contributed by atoms with Crippen molar-refractivity contribution < 1.29 is 9.53 Å². The van der Waals surface area contributed by atoms with Crippen molar-refractivity contribution in [3.63, 3.8) is 0 Å². The van der Waals surface area contributed by atoms with Crippen LogP contribution in [0.3, 0.4) is 0 Å². The molecular weight excluding hydrogens is 244 g/mol. The summed E-state index contributed by atoms with van der Waals surface area (Å²) in [4.78, 5) is 17.3. The highest BCUT2D eigenvalue weighted by Gasteiger charge is 2.12. The lowest BCUT2D eigenvalue weighted by molar-refractivity contribution is -0.116. The molecule has 6 heteroatoms. The zero-order valence-corrected chi connectivity index (χ0v) is 11.6. The van der Waals surface area contributed by atoms with Gasteiger partial charge in [0.2, 0.25) is 5.91 Å². The van der Waals surface area contributed by atoms with E-state index >= 15 is 0 Å². The van der Waals surface area contributed by atoms with Crippen LogP contribution in [0.25, 0.3) is 0 Å². The SMILES string of the molecule is CCN(CC(N)=O)c1ncccc1CNCCOC. The van der Waals surface area contributed by atoms with Gasteiger partial charge in [-0.05, 0) is 13.0 Å². The number of primary amides is 1. The molecule has 0 fully saturated rings. The molecule has 0 aliphatic heterocycles. The number of aromatic nitrogens is 1. The molecule has 6 nitrogen and oxygen atoms in total. The van der Waals surface area contributed by atoms with Gasteiger partial charge in [0, 0.05) is 38.5 Å². The third kappa shape index (κ3) is 5.23. The number of rotatable bonds is 9. The minimum atomic E-state index is -0.356. The van der Waals surface area contributed by atoms with Gasteiger partial charge in [-0.15, -0.1) is 0 Å². The molecule has 1 aromatic rings. The summed E-state index contributed by atoms with van der Waals surface area (Å²) in [6.45, 7) is 4.95. The van der Waals surface area contributed by atoms with Crippen LogP contribution in [0, 0.1) is 0 Å². The van der Waals surface area contributed by atoms with E-state index < -0.39 is 0 Å². The molecule has 19 heavy (non-hydrogen) atoms. The number of nitrogens with two attached hydrogens (primary N) is 1. The van der Waals surface area contributed by atoms with Crippen LogP contribution in [-0.2, 0) is 16.1 Å². The molecule has 0 aliphatic carbocycles. The average Bonchev–Trinajstić information content (AvgIpc) is 2.41. The van der Waals surface area contributed by atoms with Gasteiger partial charge in [-0.1, -0.05) is 6.07 Å². The highest BCUT2D eigenvalue weighted by Crippen LogP contribution is 2.16. The van der Waals surface area contributed by atoms with E-state index in [4.69, 9.17) is 10.5 Å². The molecule has 0 aromatic carbocycles. The Morgan fingerprint density at radius 2 is 2.37 bits per heavy atom. The zero-order chi connectivity index (χ0) is 14.1. The Morgan fingerprint density at radius 1 is 1.58 bits per heavy atom. The van der Waals surface area contributed by atoms with Gasteiger partial charge >= 0.3 is 0 Å². The molecule has 0 saturated heterocycles. The monoisotopic (exact) mass is 266 g/mol. The molecule has 1 heterocycles. The van der Waals surface area contributed by atoms with Crippen LogP contribution >= 0.6 is 0 Å². The first-order chi connectivity index (χ1) is 9.19. The summed E-state index contributed by atoms with van der Waals surface area (Å²) < 4.78 is 4.98. The average molecular weight is 266 g/mol. The van der Waals surface area contributed by atoms with Gasteiger partial charge in [0.15, 0.2) is 0 Å². The van der Waals surface area contributed by atoms with Crippen molar-refractivity contribution in [2.75, 3.05) is 38.3 Å². The summed E-state index contributed by atoms with van der Waals surface area (Å²) in [6.07, 6.45) is 1.72. The molecule has 0 radical (unpaired) electrons. The number of ether oxygens (including phenoxy) is 1. The second kappa shape index (κ2) is 8.44. The van der Waals surface area contributed by atoms with Gasteiger partial charge in [0.1, 0.15) is 5.82 Å². The van der Waals surface area contributed by atoms with Gasteiger partial charge in [0.25, 0.3) is 0 Å². The van der Waals surface area contributed by atoms with Gasteiger partial charge in [-0.25, -0.2) is 4.98 Å². The zero-order valence-electron chi connectivity index (χ0n) is 11.6. The Labute approximate surface area is 113 Å². The van der Waals surface area contributed by atoms with E-state index in [9.17, 15) is 4.79 Å². The van der Waals surface area contributed by atoms with E-state index in [1.807, 2.05) is 24.0 Å². The molecular formula is C13H22N4O2. The molecule has 1 amide bonds. The lowest BCUT2D eigenvalue weighted by atomic mass is 10.2. The smallest absolute Gasteiger partial charge is 0.236 e. The highest BCUT2D eigenvalue weighted by molar-refractivity contribution is 5.79. The summed E-state index contributed by atoms with van der Waals surface area (Å²) in [7, 11) is 1.67. The second-order valence-electron chi connectivity index (χ2n) is 4.14.